The summed E-state index contributed by atoms with van der Waals surface area (Å²) >= 11 is 11.8. The molecule has 2 nitrogen and oxygen atoms in total. The highest BCUT2D eigenvalue weighted by atomic mass is 35.5. The lowest BCUT2D eigenvalue weighted by atomic mass is 10.3. The van der Waals surface area contributed by atoms with Crippen LogP contribution in [0.25, 0.3) is 0 Å². The molecule has 1 aromatic carbocycles. The van der Waals surface area contributed by atoms with E-state index in [2.05, 4.69) is 11.9 Å². The van der Waals surface area contributed by atoms with Gasteiger partial charge in [-0.1, -0.05) is 29.3 Å². The Bertz CT molecular complexity index is 355. The molecule has 1 rings (SSSR count). The molecule has 1 aromatic rings. The Morgan fingerprint density at radius 1 is 1.50 bits per heavy atom. The van der Waals surface area contributed by atoms with Gasteiger partial charge in [0, 0.05) is 18.1 Å². The van der Waals surface area contributed by atoms with Gasteiger partial charge < -0.3 is 10.1 Å². The molecule has 4 heteroatoms. The summed E-state index contributed by atoms with van der Waals surface area (Å²) in [6, 6.07) is 5.20. The second-order valence-corrected chi connectivity index (χ2v) is 4.29. The van der Waals surface area contributed by atoms with Crippen LogP contribution in [0.3, 0.4) is 0 Å². The van der Waals surface area contributed by atoms with Gasteiger partial charge in [-0.25, -0.2) is 0 Å². The van der Waals surface area contributed by atoms with Crippen molar-refractivity contribution in [3.05, 3.63) is 40.9 Å². The quantitative estimate of drug-likeness (QED) is 0.624. The van der Waals surface area contributed by atoms with Crippen LogP contribution < -0.4 is 10.1 Å². The maximum absolute atomic E-state index is 5.99. The fraction of sp³-hybridized carbons (Fsp3) is 0.333. The molecular weight excluding hydrogens is 245 g/mol. The van der Waals surface area contributed by atoms with Gasteiger partial charge in [0.2, 0.25) is 0 Å². The van der Waals surface area contributed by atoms with Crippen LogP contribution in [0, 0.1) is 0 Å². The number of hydrogen-bond acceptors (Lipinski definition) is 2. The van der Waals surface area contributed by atoms with E-state index in [4.69, 9.17) is 27.9 Å². The molecule has 0 aliphatic rings. The average Bonchev–Trinajstić information content (AvgIpc) is 2.23. The zero-order chi connectivity index (χ0) is 12.0. The van der Waals surface area contributed by atoms with Crippen molar-refractivity contribution in [1.82, 2.24) is 5.32 Å². The number of ether oxygens (including phenoxy) is 1. The fourth-order valence-corrected chi connectivity index (χ4v) is 1.67. The van der Waals surface area contributed by atoms with E-state index < -0.39 is 0 Å². The molecule has 0 saturated carbocycles. The van der Waals surface area contributed by atoms with Gasteiger partial charge >= 0.3 is 0 Å². The first kappa shape index (κ1) is 13.4. The zero-order valence-corrected chi connectivity index (χ0v) is 10.7. The lowest BCUT2D eigenvalue weighted by Gasteiger charge is -2.16. The molecule has 0 bridgehead atoms. The third-order valence-electron chi connectivity index (χ3n) is 1.94. The Labute approximate surface area is 106 Å². The first-order valence-electron chi connectivity index (χ1n) is 5.07. The van der Waals surface area contributed by atoms with E-state index in [1.807, 2.05) is 13.0 Å². The van der Waals surface area contributed by atoms with Crippen molar-refractivity contribution in [3.8, 4) is 5.75 Å². The van der Waals surface area contributed by atoms with Gasteiger partial charge in [-0.05, 0) is 25.1 Å². The van der Waals surface area contributed by atoms with Gasteiger partial charge in [0.05, 0.1) is 5.02 Å². The van der Waals surface area contributed by atoms with Gasteiger partial charge in [-0.2, -0.15) is 0 Å². The van der Waals surface area contributed by atoms with E-state index in [1.165, 1.54) is 0 Å². The molecule has 1 atom stereocenters. The molecule has 0 aliphatic carbocycles. The minimum Gasteiger partial charge on any atom is -0.488 e. The Kier molecular flexibility index (Phi) is 5.67. The zero-order valence-electron chi connectivity index (χ0n) is 9.17. The van der Waals surface area contributed by atoms with E-state index in [9.17, 15) is 0 Å². The predicted molar refractivity (Wildman–Crippen MR) is 69.6 cm³/mol. The highest BCUT2D eigenvalue weighted by Gasteiger charge is 2.07. The van der Waals surface area contributed by atoms with E-state index in [-0.39, 0.29) is 6.10 Å². The molecule has 0 heterocycles. The minimum absolute atomic E-state index is 0.0404. The van der Waals surface area contributed by atoms with Gasteiger partial charge in [-0.15, -0.1) is 6.58 Å². The minimum atomic E-state index is 0.0404. The summed E-state index contributed by atoms with van der Waals surface area (Å²) < 4.78 is 5.66. The second kappa shape index (κ2) is 6.79. The second-order valence-electron chi connectivity index (χ2n) is 3.45. The normalized spacial score (nSPS) is 12.2. The Hall–Kier alpha value is -0.700. The van der Waals surface area contributed by atoms with Crippen molar-refractivity contribution in [3.63, 3.8) is 0 Å². The van der Waals surface area contributed by atoms with E-state index in [0.717, 1.165) is 13.1 Å². The number of nitrogens with one attached hydrogen (secondary N) is 1. The van der Waals surface area contributed by atoms with Crippen LogP contribution in [-0.2, 0) is 0 Å². The molecule has 0 fully saturated rings. The largest absolute Gasteiger partial charge is 0.488 e. The fourth-order valence-electron chi connectivity index (χ4n) is 1.22. The summed E-state index contributed by atoms with van der Waals surface area (Å²) in [7, 11) is 0. The number of hydrogen-bond donors (Lipinski definition) is 1. The van der Waals surface area contributed by atoms with Gasteiger partial charge in [0.15, 0.2) is 0 Å². The van der Waals surface area contributed by atoms with Crippen molar-refractivity contribution in [2.75, 3.05) is 13.1 Å². The number of halogens is 2. The van der Waals surface area contributed by atoms with Crippen LogP contribution in [0.1, 0.15) is 6.92 Å². The molecule has 16 heavy (non-hydrogen) atoms. The Morgan fingerprint density at radius 3 is 2.88 bits per heavy atom. The van der Waals surface area contributed by atoms with Gasteiger partial charge in [0.25, 0.3) is 0 Å². The summed E-state index contributed by atoms with van der Waals surface area (Å²) in [6.07, 6.45) is 1.85. The molecule has 1 N–H and O–H groups in total. The molecule has 0 amide bonds. The molecule has 0 spiro atoms. The van der Waals surface area contributed by atoms with Gasteiger partial charge in [0.1, 0.15) is 11.9 Å². The lowest BCUT2D eigenvalue weighted by molar-refractivity contribution is 0.219. The third kappa shape index (κ3) is 4.44. The smallest absolute Gasteiger partial charge is 0.138 e. The molecule has 0 aromatic heterocycles. The maximum Gasteiger partial charge on any atom is 0.138 e. The van der Waals surface area contributed by atoms with Crippen molar-refractivity contribution >= 4 is 23.2 Å². The molecular formula is C12H15Cl2NO. The molecule has 0 saturated heterocycles. The summed E-state index contributed by atoms with van der Waals surface area (Å²) in [6.45, 7) is 7.11. The summed E-state index contributed by atoms with van der Waals surface area (Å²) in [5.41, 5.74) is 0. The molecule has 0 radical (unpaired) electrons. The van der Waals surface area contributed by atoms with E-state index in [0.29, 0.717) is 15.8 Å². The third-order valence-corrected chi connectivity index (χ3v) is 2.47. The first-order chi connectivity index (χ1) is 7.63. The van der Waals surface area contributed by atoms with Crippen LogP contribution in [0.4, 0.5) is 0 Å². The molecule has 88 valence electrons. The van der Waals surface area contributed by atoms with E-state index >= 15 is 0 Å². The lowest BCUT2D eigenvalue weighted by Crippen LogP contribution is -2.29. The Balaban J connectivity index is 2.49. The van der Waals surface area contributed by atoms with Crippen LogP contribution in [0.5, 0.6) is 5.75 Å². The topological polar surface area (TPSA) is 21.3 Å². The van der Waals surface area contributed by atoms with Crippen LogP contribution in [0.2, 0.25) is 10.0 Å². The van der Waals surface area contributed by atoms with Crippen molar-refractivity contribution in [2.45, 2.75) is 13.0 Å². The monoisotopic (exact) mass is 259 g/mol. The maximum atomic E-state index is 5.99. The standard InChI is InChI=1S/C12H15Cl2NO/c1-3-6-15-8-9(2)16-12-5-4-10(13)7-11(12)14/h3-5,7,9,15H,1,6,8H2,2H3. The molecule has 1 unspecified atom stereocenters. The van der Waals surface area contributed by atoms with E-state index in [1.54, 1.807) is 18.2 Å². The number of benzene rings is 1. The van der Waals surface area contributed by atoms with Crippen LogP contribution in [-0.4, -0.2) is 19.2 Å². The first-order valence-corrected chi connectivity index (χ1v) is 5.82. The number of rotatable bonds is 6. The van der Waals surface area contributed by atoms with Gasteiger partial charge in [-0.3, -0.25) is 0 Å². The SMILES string of the molecule is C=CCNCC(C)Oc1ccc(Cl)cc1Cl. The van der Waals surface area contributed by atoms with Crippen molar-refractivity contribution in [2.24, 2.45) is 0 Å². The highest BCUT2D eigenvalue weighted by molar-refractivity contribution is 6.35. The predicted octanol–water partition coefficient (Wildman–Crippen LogP) is 3.54. The summed E-state index contributed by atoms with van der Waals surface area (Å²) in [4.78, 5) is 0. The highest BCUT2D eigenvalue weighted by Crippen LogP contribution is 2.28. The Morgan fingerprint density at radius 2 is 2.25 bits per heavy atom. The summed E-state index contributed by atoms with van der Waals surface area (Å²) in [5, 5.41) is 4.31. The average molecular weight is 260 g/mol. The molecule has 0 aliphatic heterocycles. The summed E-state index contributed by atoms with van der Waals surface area (Å²) in [5.74, 6) is 0.652. The van der Waals surface area contributed by atoms with Crippen molar-refractivity contribution < 1.29 is 4.74 Å². The van der Waals surface area contributed by atoms with Crippen LogP contribution in [0.15, 0.2) is 30.9 Å². The van der Waals surface area contributed by atoms with Crippen LogP contribution >= 0.6 is 23.2 Å². The van der Waals surface area contributed by atoms with Crippen molar-refractivity contribution in [1.29, 1.82) is 0 Å².